The van der Waals surface area contributed by atoms with Gasteiger partial charge in [0.05, 0.1) is 12.5 Å². The summed E-state index contributed by atoms with van der Waals surface area (Å²) in [5, 5.41) is 5.66. The van der Waals surface area contributed by atoms with Gasteiger partial charge in [0.1, 0.15) is 0 Å². The van der Waals surface area contributed by atoms with E-state index < -0.39 is 12.6 Å². The monoisotopic (exact) mass is 499 g/mol. The van der Waals surface area contributed by atoms with Crippen molar-refractivity contribution in [3.8, 4) is 0 Å². The number of rotatable bonds is 8. The first-order chi connectivity index (χ1) is 12.5. The third kappa shape index (κ3) is 9.14. The Balaban J connectivity index is 0.00000364. The van der Waals surface area contributed by atoms with Crippen molar-refractivity contribution in [3.63, 3.8) is 0 Å². The molecule has 0 aromatic heterocycles. The predicted octanol–water partition coefficient (Wildman–Crippen LogP) is 4.60. The Kier molecular flexibility index (Phi) is 11.1. The summed E-state index contributed by atoms with van der Waals surface area (Å²) >= 11 is 0. The van der Waals surface area contributed by atoms with Crippen LogP contribution in [0, 0.1) is 0 Å². The van der Waals surface area contributed by atoms with Crippen LogP contribution in [0.15, 0.2) is 29.3 Å². The minimum Gasteiger partial charge on any atom is -0.373 e. The lowest BCUT2D eigenvalue weighted by Crippen LogP contribution is -2.39. The number of aliphatic imine (C=N–C) groups is 1. The molecule has 1 aromatic carbocycles. The summed E-state index contributed by atoms with van der Waals surface area (Å²) in [5.41, 5.74) is 2.65. The van der Waals surface area contributed by atoms with Gasteiger partial charge in [0.2, 0.25) is 0 Å². The molecule has 0 spiro atoms. The van der Waals surface area contributed by atoms with Crippen LogP contribution >= 0.6 is 24.0 Å². The summed E-state index contributed by atoms with van der Waals surface area (Å²) in [7, 11) is 0. The van der Waals surface area contributed by atoms with Crippen LogP contribution in [0.5, 0.6) is 0 Å². The lowest BCUT2D eigenvalue weighted by molar-refractivity contribution is -0.132. The van der Waals surface area contributed by atoms with Crippen LogP contribution in [0.25, 0.3) is 0 Å². The number of hydrogen-bond donors (Lipinski definition) is 2. The van der Waals surface area contributed by atoms with Gasteiger partial charge in [0, 0.05) is 26.2 Å². The predicted molar refractivity (Wildman–Crippen MR) is 113 cm³/mol. The molecule has 2 rings (SSSR count). The molecule has 0 radical (unpaired) electrons. The number of aryl methyl sites for hydroxylation is 1. The normalized spacial score (nSPS) is 17.0. The second-order valence-electron chi connectivity index (χ2n) is 6.36. The minimum absolute atomic E-state index is 0. The largest absolute Gasteiger partial charge is 0.390 e. The van der Waals surface area contributed by atoms with Gasteiger partial charge in [-0.15, -0.1) is 24.0 Å². The van der Waals surface area contributed by atoms with Crippen molar-refractivity contribution in [2.45, 2.75) is 51.3 Å². The van der Waals surface area contributed by atoms with Crippen molar-refractivity contribution in [2.75, 3.05) is 26.2 Å². The number of fused-ring (bicyclic) bond motifs is 1. The summed E-state index contributed by atoms with van der Waals surface area (Å²) < 4.78 is 42.6. The van der Waals surface area contributed by atoms with Crippen LogP contribution in [-0.2, 0) is 11.2 Å². The Labute approximate surface area is 176 Å². The Bertz CT molecular complexity index is 582. The molecule has 0 saturated carbocycles. The zero-order valence-corrected chi connectivity index (χ0v) is 18.0. The topological polar surface area (TPSA) is 45.7 Å². The molecule has 0 saturated heterocycles. The fourth-order valence-corrected chi connectivity index (χ4v) is 3.03. The van der Waals surface area contributed by atoms with Gasteiger partial charge in [-0.1, -0.05) is 24.3 Å². The van der Waals surface area contributed by atoms with E-state index in [-0.39, 0.29) is 36.6 Å². The third-order valence-electron chi connectivity index (χ3n) is 4.25. The maximum absolute atomic E-state index is 12.2. The second-order valence-corrected chi connectivity index (χ2v) is 6.36. The van der Waals surface area contributed by atoms with Crippen molar-refractivity contribution in [1.29, 1.82) is 0 Å². The maximum atomic E-state index is 12.2. The zero-order valence-electron chi connectivity index (χ0n) is 15.6. The highest BCUT2D eigenvalue weighted by Crippen LogP contribution is 2.32. The van der Waals surface area contributed by atoms with Crippen LogP contribution in [0.1, 0.15) is 49.8 Å². The average molecular weight is 499 g/mol. The molecule has 27 heavy (non-hydrogen) atoms. The van der Waals surface area contributed by atoms with E-state index in [1.54, 1.807) is 0 Å². The number of alkyl halides is 3. The van der Waals surface area contributed by atoms with Crippen molar-refractivity contribution in [3.05, 3.63) is 35.4 Å². The van der Waals surface area contributed by atoms with Gasteiger partial charge in [0.25, 0.3) is 0 Å². The maximum Gasteiger partial charge on any atom is 0.390 e. The van der Waals surface area contributed by atoms with Crippen LogP contribution < -0.4 is 10.6 Å². The van der Waals surface area contributed by atoms with Crippen LogP contribution in [0.4, 0.5) is 13.2 Å². The lowest BCUT2D eigenvalue weighted by atomic mass is 9.89. The Morgan fingerprint density at radius 3 is 2.78 bits per heavy atom. The Hall–Kier alpha value is -1.03. The van der Waals surface area contributed by atoms with Crippen molar-refractivity contribution in [2.24, 2.45) is 4.99 Å². The fraction of sp³-hybridized carbons (Fsp3) is 0.632. The Morgan fingerprint density at radius 1 is 1.26 bits per heavy atom. The van der Waals surface area contributed by atoms with Crippen molar-refractivity contribution < 1.29 is 17.9 Å². The summed E-state index contributed by atoms with van der Waals surface area (Å²) in [4.78, 5) is 4.31. The van der Waals surface area contributed by atoms with E-state index >= 15 is 0 Å². The molecule has 0 fully saturated rings. The number of nitrogens with zero attached hydrogens (tertiary/aromatic N) is 1. The highest BCUT2D eigenvalue weighted by atomic mass is 127. The van der Waals surface area contributed by atoms with E-state index in [1.807, 2.05) is 13.0 Å². The van der Waals surface area contributed by atoms with Gasteiger partial charge >= 0.3 is 6.18 Å². The van der Waals surface area contributed by atoms with Gasteiger partial charge in [-0.2, -0.15) is 13.2 Å². The highest BCUT2D eigenvalue weighted by molar-refractivity contribution is 14.0. The smallest absolute Gasteiger partial charge is 0.373 e. The quantitative estimate of drug-likeness (QED) is 0.238. The Morgan fingerprint density at radius 2 is 2.04 bits per heavy atom. The number of nitrogens with one attached hydrogen (secondary N) is 2. The summed E-state index contributed by atoms with van der Waals surface area (Å²) in [6, 6.07) is 8.39. The molecule has 2 N–H and O–H groups in total. The third-order valence-corrected chi connectivity index (χ3v) is 4.25. The van der Waals surface area contributed by atoms with Gasteiger partial charge in [0.15, 0.2) is 5.96 Å². The zero-order chi connectivity index (χ0) is 18.8. The number of benzene rings is 1. The molecule has 8 heteroatoms. The SMILES string of the molecule is CCNC(=NCCCOC1CCCc2ccccc21)NCCC(F)(F)F.I. The molecule has 0 heterocycles. The molecule has 0 bridgehead atoms. The highest BCUT2D eigenvalue weighted by Gasteiger charge is 2.26. The first kappa shape index (κ1) is 24.0. The lowest BCUT2D eigenvalue weighted by Gasteiger charge is -2.25. The molecule has 1 unspecified atom stereocenters. The van der Waals surface area contributed by atoms with E-state index in [0.29, 0.717) is 25.7 Å². The van der Waals surface area contributed by atoms with E-state index in [4.69, 9.17) is 4.74 Å². The standard InChI is InChI=1S/C19H28F3N3O.HI/c1-2-23-18(25-13-11-19(20,21)22)24-12-6-14-26-17-10-5-8-15-7-3-4-9-16(15)17;/h3-4,7,9,17H,2,5-6,8,10-14H2,1H3,(H2,23,24,25);1H. The molecule has 1 atom stereocenters. The summed E-state index contributed by atoms with van der Waals surface area (Å²) in [6.45, 7) is 3.41. The van der Waals surface area contributed by atoms with Gasteiger partial charge in [-0.05, 0) is 43.7 Å². The van der Waals surface area contributed by atoms with E-state index in [2.05, 4.69) is 33.8 Å². The van der Waals surface area contributed by atoms with E-state index in [9.17, 15) is 13.2 Å². The van der Waals surface area contributed by atoms with Crippen molar-refractivity contribution in [1.82, 2.24) is 10.6 Å². The van der Waals surface area contributed by atoms with Crippen molar-refractivity contribution >= 4 is 29.9 Å². The number of ether oxygens (including phenoxy) is 1. The van der Waals surface area contributed by atoms with Crippen LogP contribution in [0.3, 0.4) is 0 Å². The van der Waals surface area contributed by atoms with E-state index in [0.717, 1.165) is 25.7 Å². The van der Waals surface area contributed by atoms with E-state index in [1.165, 1.54) is 11.1 Å². The number of hydrogen-bond acceptors (Lipinski definition) is 2. The number of halogens is 4. The van der Waals surface area contributed by atoms with Gasteiger partial charge in [-0.3, -0.25) is 4.99 Å². The fourth-order valence-electron chi connectivity index (χ4n) is 3.03. The molecule has 1 aliphatic carbocycles. The molecule has 154 valence electrons. The first-order valence-corrected chi connectivity index (χ1v) is 9.28. The molecule has 0 amide bonds. The molecule has 1 aromatic rings. The molecule has 1 aliphatic rings. The van der Waals surface area contributed by atoms with Crippen LogP contribution in [0.2, 0.25) is 0 Å². The molecule has 0 aliphatic heterocycles. The first-order valence-electron chi connectivity index (χ1n) is 9.28. The van der Waals surface area contributed by atoms with Gasteiger partial charge < -0.3 is 15.4 Å². The van der Waals surface area contributed by atoms with Crippen LogP contribution in [-0.4, -0.2) is 38.4 Å². The van der Waals surface area contributed by atoms with Gasteiger partial charge in [-0.25, -0.2) is 0 Å². The minimum atomic E-state index is -4.16. The summed E-state index contributed by atoms with van der Waals surface area (Å²) in [6.07, 6.45) is -0.891. The second kappa shape index (κ2) is 12.4. The number of guanidine groups is 1. The summed E-state index contributed by atoms with van der Waals surface area (Å²) in [5.74, 6) is 0.416. The average Bonchev–Trinajstić information content (AvgIpc) is 2.60. The molecular formula is C19H29F3IN3O. The molecular weight excluding hydrogens is 470 g/mol. The molecule has 4 nitrogen and oxygen atoms in total.